The van der Waals surface area contributed by atoms with Crippen molar-refractivity contribution in [2.75, 3.05) is 19.8 Å². The molecule has 0 aromatic rings. The lowest BCUT2D eigenvalue weighted by Crippen LogP contribution is -2.20. The summed E-state index contributed by atoms with van der Waals surface area (Å²) in [5.74, 6) is 0. The van der Waals surface area contributed by atoms with Gasteiger partial charge >= 0.3 is 0 Å². The van der Waals surface area contributed by atoms with E-state index in [9.17, 15) is 0 Å². The van der Waals surface area contributed by atoms with Gasteiger partial charge in [-0.3, -0.25) is 0 Å². The van der Waals surface area contributed by atoms with E-state index in [1.165, 1.54) is 0 Å². The molecule has 13 heavy (non-hydrogen) atoms. The first kappa shape index (κ1) is 12.4. The number of nitrogens with two attached hydrogens (primary N) is 1. The summed E-state index contributed by atoms with van der Waals surface area (Å²) in [5.41, 5.74) is 5.36. The van der Waals surface area contributed by atoms with Crippen LogP contribution in [0.2, 0.25) is 0 Å². The number of nitrogens with zero attached hydrogens (tertiary/aromatic N) is 1. The number of nitriles is 1. The summed E-state index contributed by atoms with van der Waals surface area (Å²) >= 11 is 0. The van der Waals surface area contributed by atoms with Gasteiger partial charge in [-0.05, 0) is 20.3 Å². The molecule has 0 spiro atoms. The van der Waals surface area contributed by atoms with Crippen LogP contribution in [0.3, 0.4) is 0 Å². The van der Waals surface area contributed by atoms with E-state index in [2.05, 4.69) is 0 Å². The highest BCUT2D eigenvalue weighted by Crippen LogP contribution is 1.90. The molecular formula is C9H18N2O2. The van der Waals surface area contributed by atoms with Crippen molar-refractivity contribution in [1.29, 1.82) is 5.26 Å². The molecule has 0 heterocycles. The van der Waals surface area contributed by atoms with Crippen LogP contribution in [0.15, 0.2) is 0 Å². The fraction of sp³-hybridized carbons (Fsp3) is 0.889. The molecule has 4 nitrogen and oxygen atoms in total. The molecule has 0 fully saturated rings. The maximum absolute atomic E-state index is 8.36. The molecule has 1 atom stereocenters. The molecule has 0 aromatic carbocycles. The average Bonchev–Trinajstić information content (AvgIpc) is 2.10. The highest BCUT2D eigenvalue weighted by molar-refractivity contribution is 4.85. The maximum Gasteiger partial charge on any atom is 0.0950 e. The molecule has 2 N–H and O–H groups in total. The molecule has 0 saturated heterocycles. The minimum atomic E-state index is -0.411. The Morgan fingerprint density at radius 2 is 2.00 bits per heavy atom. The van der Waals surface area contributed by atoms with Crippen molar-refractivity contribution >= 4 is 0 Å². The summed E-state index contributed by atoms with van der Waals surface area (Å²) < 4.78 is 10.5. The summed E-state index contributed by atoms with van der Waals surface area (Å²) in [6, 6.07) is 1.53. The molecule has 0 aromatic heterocycles. The third kappa shape index (κ3) is 9.28. The summed E-state index contributed by atoms with van der Waals surface area (Å²) in [6.45, 7) is 5.64. The lowest BCUT2D eigenvalue weighted by Gasteiger charge is -2.08. The molecule has 0 amide bonds. The van der Waals surface area contributed by atoms with E-state index in [1.54, 1.807) is 0 Å². The molecule has 0 aliphatic carbocycles. The second-order valence-electron chi connectivity index (χ2n) is 3.06. The van der Waals surface area contributed by atoms with Crippen molar-refractivity contribution in [2.45, 2.75) is 32.4 Å². The Labute approximate surface area is 79.6 Å². The standard InChI is InChI=1S/C9H18N2O2/c1-8(2)13-6-5-12-4-3-9(11)7-10/h8-9H,3-6,11H2,1-2H3. The van der Waals surface area contributed by atoms with Crippen LogP contribution < -0.4 is 5.73 Å². The van der Waals surface area contributed by atoms with Crippen LogP contribution in [0.25, 0.3) is 0 Å². The van der Waals surface area contributed by atoms with Gasteiger partial charge in [0.2, 0.25) is 0 Å². The topological polar surface area (TPSA) is 68.3 Å². The molecule has 4 heteroatoms. The normalized spacial score (nSPS) is 12.8. The average molecular weight is 186 g/mol. The van der Waals surface area contributed by atoms with E-state index in [0.717, 1.165) is 0 Å². The minimum Gasteiger partial charge on any atom is -0.379 e. The molecule has 0 aliphatic heterocycles. The zero-order valence-electron chi connectivity index (χ0n) is 8.32. The van der Waals surface area contributed by atoms with Crippen molar-refractivity contribution in [1.82, 2.24) is 0 Å². The molecule has 76 valence electrons. The molecule has 1 unspecified atom stereocenters. The van der Waals surface area contributed by atoms with Gasteiger partial charge in [0.05, 0.1) is 31.4 Å². The highest BCUT2D eigenvalue weighted by atomic mass is 16.5. The summed E-state index contributed by atoms with van der Waals surface area (Å²) in [5, 5.41) is 8.36. The summed E-state index contributed by atoms with van der Waals surface area (Å²) in [7, 11) is 0. The van der Waals surface area contributed by atoms with Crippen molar-refractivity contribution in [2.24, 2.45) is 5.73 Å². The van der Waals surface area contributed by atoms with Gasteiger partial charge in [-0.1, -0.05) is 0 Å². The van der Waals surface area contributed by atoms with E-state index in [0.29, 0.717) is 26.2 Å². The van der Waals surface area contributed by atoms with Crippen molar-refractivity contribution in [3.8, 4) is 6.07 Å². The lowest BCUT2D eigenvalue weighted by atomic mass is 10.3. The van der Waals surface area contributed by atoms with Gasteiger partial charge in [-0.2, -0.15) is 5.26 Å². The van der Waals surface area contributed by atoms with Gasteiger partial charge in [0.15, 0.2) is 0 Å². The van der Waals surface area contributed by atoms with Gasteiger partial charge in [0, 0.05) is 6.61 Å². The third-order valence-corrected chi connectivity index (χ3v) is 1.42. The first-order valence-electron chi connectivity index (χ1n) is 4.51. The molecule has 0 radical (unpaired) electrons. The first-order valence-corrected chi connectivity index (χ1v) is 4.51. The predicted octanol–water partition coefficient (Wildman–Crippen LogP) is 0.669. The zero-order valence-corrected chi connectivity index (χ0v) is 8.32. The third-order valence-electron chi connectivity index (χ3n) is 1.42. The van der Waals surface area contributed by atoms with Crippen molar-refractivity contribution in [3.63, 3.8) is 0 Å². The van der Waals surface area contributed by atoms with E-state index in [4.69, 9.17) is 20.5 Å². The number of rotatable bonds is 7. The van der Waals surface area contributed by atoms with E-state index < -0.39 is 6.04 Å². The smallest absolute Gasteiger partial charge is 0.0950 e. The van der Waals surface area contributed by atoms with Gasteiger partial charge in [0.25, 0.3) is 0 Å². The van der Waals surface area contributed by atoms with Crippen LogP contribution >= 0.6 is 0 Å². The number of hydrogen-bond donors (Lipinski definition) is 1. The Bertz CT molecular complexity index is 154. The second-order valence-corrected chi connectivity index (χ2v) is 3.06. The highest BCUT2D eigenvalue weighted by Gasteiger charge is 1.98. The Hall–Kier alpha value is -0.630. The molecule has 0 rings (SSSR count). The second kappa shape index (κ2) is 7.99. The van der Waals surface area contributed by atoms with E-state index in [1.807, 2.05) is 19.9 Å². The Morgan fingerprint density at radius 3 is 2.54 bits per heavy atom. The van der Waals surface area contributed by atoms with Crippen molar-refractivity contribution in [3.05, 3.63) is 0 Å². The molecule has 0 bridgehead atoms. The fourth-order valence-corrected chi connectivity index (χ4v) is 0.720. The van der Waals surface area contributed by atoms with Crippen LogP contribution in [0.1, 0.15) is 20.3 Å². The fourth-order valence-electron chi connectivity index (χ4n) is 0.720. The summed E-state index contributed by atoms with van der Waals surface area (Å²) in [6.07, 6.45) is 0.822. The van der Waals surface area contributed by atoms with Gasteiger partial charge in [-0.25, -0.2) is 0 Å². The molecular weight excluding hydrogens is 168 g/mol. The van der Waals surface area contributed by atoms with Crippen LogP contribution in [0.5, 0.6) is 0 Å². The van der Waals surface area contributed by atoms with Crippen LogP contribution in [0.4, 0.5) is 0 Å². The minimum absolute atomic E-state index is 0.241. The first-order chi connectivity index (χ1) is 6.16. The Morgan fingerprint density at radius 1 is 1.31 bits per heavy atom. The largest absolute Gasteiger partial charge is 0.379 e. The SMILES string of the molecule is CC(C)OCCOCCC(N)C#N. The van der Waals surface area contributed by atoms with Crippen LogP contribution in [-0.2, 0) is 9.47 Å². The van der Waals surface area contributed by atoms with E-state index in [-0.39, 0.29) is 6.10 Å². The zero-order chi connectivity index (χ0) is 10.1. The number of ether oxygens (including phenoxy) is 2. The van der Waals surface area contributed by atoms with Gasteiger partial charge < -0.3 is 15.2 Å². The van der Waals surface area contributed by atoms with Gasteiger partial charge in [0.1, 0.15) is 0 Å². The van der Waals surface area contributed by atoms with Crippen molar-refractivity contribution < 1.29 is 9.47 Å². The quantitative estimate of drug-likeness (QED) is 0.593. The number of hydrogen-bond acceptors (Lipinski definition) is 4. The predicted molar refractivity (Wildman–Crippen MR) is 50.1 cm³/mol. The summed E-state index contributed by atoms with van der Waals surface area (Å²) in [4.78, 5) is 0. The lowest BCUT2D eigenvalue weighted by molar-refractivity contribution is 0.0187. The maximum atomic E-state index is 8.36. The van der Waals surface area contributed by atoms with Crippen LogP contribution in [0, 0.1) is 11.3 Å². The van der Waals surface area contributed by atoms with Gasteiger partial charge in [-0.15, -0.1) is 0 Å². The molecule has 0 saturated carbocycles. The Balaban J connectivity index is 3.05. The van der Waals surface area contributed by atoms with E-state index >= 15 is 0 Å². The van der Waals surface area contributed by atoms with Crippen LogP contribution in [-0.4, -0.2) is 32.0 Å². The Kier molecular flexibility index (Phi) is 7.60. The monoisotopic (exact) mass is 186 g/mol. The molecule has 0 aliphatic rings.